The third kappa shape index (κ3) is 1.47. The third-order valence-electron chi connectivity index (χ3n) is 2.05. The van der Waals surface area contributed by atoms with Crippen molar-refractivity contribution in [3.8, 4) is 12.3 Å². The van der Waals surface area contributed by atoms with Crippen molar-refractivity contribution in [3.63, 3.8) is 0 Å². The van der Waals surface area contributed by atoms with E-state index in [9.17, 15) is 4.79 Å². The molecule has 4 nitrogen and oxygen atoms in total. The van der Waals surface area contributed by atoms with Gasteiger partial charge in [-0.15, -0.1) is 6.42 Å². The standard InChI is InChI=1S/C10H6IN3O/c1-2-6-7(10(12)15)3-4-14-9(6)8(11)5-13-14/h1,3-5H,(H2,12,15). The Morgan fingerprint density at radius 2 is 2.40 bits per heavy atom. The molecular formula is C10H6IN3O. The smallest absolute Gasteiger partial charge is 0.250 e. The van der Waals surface area contributed by atoms with Crippen molar-refractivity contribution < 1.29 is 4.79 Å². The highest BCUT2D eigenvalue weighted by molar-refractivity contribution is 14.1. The molecule has 2 rings (SSSR count). The summed E-state index contributed by atoms with van der Waals surface area (Å²) < 4.78 is 2.52. The van der Waals surface area contributed by atoms with E-state index >= 15 is 0 Å². The van der Waals surface area contributed by atoms with Crippen LogP contribution in [-0.4, -0.2) is 15.5 Å². The number of rotatable bonds is 1. The molecule has 1 amide bonds. The Kier molecular flexibility index (Phi) is 2.36. The summed E-state index contributed by atoms with van der Waals surface area (Å²) >= 11 is 2.11. The molecule has 2 aromatic heterocycles. The third-order valence-corrected chi connectivity index (χ3v) is 2.84. The van der Waals surface area contributed by atoms with Crippen LogP contribution in [0.5, 0.6) is 0 Å². The number of nitrogens with zero attached hydrogens (tertiary/aromatic N) is 2. The van der Waals surface area contributed by atoms with Gasteiger partial charge in [0.1, 0.15) is 0 Å². The van der Waals surface area contributed by atoms with Crippen LogP contribution in [0.25, 0.3) is 5.52 Å². The summed E-state index contributed by atoms with van der Waals surface area (Å²) in [6, 6.07) is 1.58. The lowest BCUT2D eigenvalue weighted by atomic mass is 10.1. The number of halogens is 1. The zero-order valence-electron chi connectivity index (χ0n) is 7.57. The van der Waals surface area contributed by atoms with E-state index in [0.29, 0.717) is 11.1 Å². The second kappa shape index (κ2) is 3.55. The minimum absolute atomic E-state index is 0.350. The monoisotopic (exact) mass is 311 g/mol. The van der Waals surface area contributed by atoms with Crippen molar-refractivity contribution in [1.29, 1.82) is 0 Å². The number of hydrogen-bond acceptors (Lipinski definition) is 2. The van der Waals surface area contributed by atoms with Crippen LogP contribution >= 0.6 is 22.6 Å². The van der Waals surface area contributed by atoms with Gasteiger partial charge in [0, 0.05) is 6.20 Å². The normalized spacial score (nSPS) is 10.1. The van der Waals surface area contributed by atoms with Gasteiger partial charge in [-0.1, -0.05) is 5.92 Å². The molecule has 0 aliphatic rings. The van der Waals surface area contributed by atoms with Crippen molar-refractivity contribution in [2.45, 2.75) is 0 Å². The summed E-state index contributed by atoms with van der Waals surface area (Å²) in [5, 5.41) is 4.09. The number of carbonyl (C=O) groups is 1. The molecule has 5 heteroatoms. The zero-order valence-corrected chi connectivity index (χ0v) is 9.72. The number of nitrogens with two attached hydrogens (primary N) is 1. The molecule has 74 valence electrons. The highest BCUT2D eigenvalue weighted by Gasteiger charge is 2.13. The lowest BCUT2D eigenvalue weighted by molar-refractivity contribution is 0.1000. The Morgan fingerprint density at radius 1 is 1.67 bits per heavy atom. The molecular weight excluding hydrogens is 305 g/mol. The van der Waals surface area contributed by atoms with Crippen LogP contribution in [0.3, 0.4) is 0 Å². The van der Waals surface area contributed by atoms with Crippen LogP contribution in [-0.2, 0) is 0 Å². The molecule has 15 heavy (non-hydrogen) atoms. The first-order valence-corrected chi connectivity index (χ1v) is 5.15. The number of fused-ring (bicyclic) bond motifs is 1. The highest BCUT2D eigenvalue weighted by atomic mass is 127. The molecule has 0 bridgehead atoms. The van der Waals surface area contributed by atoms with Gasteiger partial charge in [0.2, 0.25) is 5.91 Å². The molecule has 2 N–H and O–H groups in total. The molecule has 0 aliphatic heterocycles. The maximum absolute atomic E-state index is 11.2. The number of carbonyl (C=O) groups excluding carboxylic acids is 1. The molecule has 0 aromatic carbocycles. The van der Waals surface area contributed by atoms with Gasteiger partial charge in [-0.05, 0) is 28.7 Å². The Bertz CT molecular complexity index is 594. The highest BCUT2D eigenvalue weighted by Crippen LogP contribution is 2.20. The topological polar surface area (TPSA) is 60.4 Å². The summed E-state index contributed by atoms with van der Waals surface area (Å²) in [6.07, 6.45) is 8.73. The van der Waals surface area contributed by atoms with Crippen LogP contribution in [0.15, 0.2) is 18.5 Å². The SMILES string of the molecule is C#Cc1c(C(N)=O)ccn2ncc(I)c12. The van der Waals surface area contributed by atoms with E-state index in [0.717, 1.165) is 9.09 Å². The molecule has 0 fully saturated rings. The zero-order chi connectivity index (χ0) is 11.0. The van der Waals surface area contributed by atoms with E-state index in [2.05, 4.69) is 33.6 Å². The maximum Gasteiger partial charge on any atom is 0.250 e. The van der Waals surface area contributed by atoms with E-state index in [-0.39, 0.29) is 0 Å². The average molecular weight is 311 g/mol. The molecule has 0 radical (unpaired) electrons. The van der Waals surface area contributed by atoms with Crippen LogP contribution in [0.4, 0.5) is 0 Å². The Labute approximate surface area is 99.6 Å². The maximum atomic E-state index is 11.2. The second-order valence-corrected chi connectivity index (χ2v) is 4.06. The van der Waals surface area contributed by atoms with Gasteiger partial charge < -0.3 is 5.73 Å². The van der Waals surface area contributed by atoms with E-state index < -0.39 is 5.91 Å². The summed E-state index contributed by atoms with van der Waals surface area (Å²) in [6.45, 7) is 0. The quantitative estimate of drug-likeness (QED) is 0.631. The lowest BCUT2D eigenvalue weighted by Crippen LogP contribution is -2.13. The summed E-state index contributed by atoms with van der Waals surface area (Å²) in [5.74, 6) is 1.95. The van der Waals surface area contributed by atoms with Gasteiger partial charge in [-0.2, -0.15) is 5.10 Å². The number of terminal acetylenes is 1. The van der Waals surface area contributed by atoms with Crippen molar-refractivity contribution in [2.24, 2.45) is 5.73 Å². The summed E-state index contributed by atoms with van der Waals surface area (Å²) in [7, 11) is 0. The molecule has 0 saturated heterocycles. The van der Waals surface area contributed by atoms with Crippen LogP contribution < -0.4 is 5.73 Å². The lowest BCUT2D eigenvalue weighted by Gasteiger charge is -2.02. The van der Waals surface area contributed by atoms with E-state index in [1.807, 2.05) is 0 Å². The fourth-order valence-corrected chi connectivity index (χ4v) is 2.04. The first-order chi connectivity index (χ1) is 7.15. The van der Waals surface area contributed by atoms with Crippen LogP contribution in [0, 0.1) is 15.9 Å². The molecule has 0 saturated carbocycles. The van der Waals surface area contributed by atoms with Gasteiger partial charge in [-0.3, -0.25) is 4.79 Å². The van der Waals surface area contributed by atoms with Gasteiger partial charge in [-0.25, -0.2) is 4.52 Å². The van der Waals surface area contributed by atoms with Crippen molar-refractivity contribution >= 4 is 34.0 Å². The summed E-state index contributed by atoms with van der Waals surface area (Å²) in [5.41, 5.74) is 6.82. The number of hydrogen-bond donors (Lipinski definition) is 1. The Morgan fingerprint density at radius 3 is 3.00 bits per heavy atom. The van der Waals surface area contributed by atoms with Crippen molar-refractivity contribution in [1.82, 2.24) is 9.61 Å². The number of amides is 1. The van der Waals surface area contributed by atoms with E-state index in [4.69, 9.17) is 12.2 Å². The molecule has 0 aliphatic carbocycles. The molecule has 0 spiro atoms. The number of aromatic nitrogens is 2. The molecule has 2 aromatic rings. The molecule has 0 unspecified atom stereocenters. The number of primary amides is 1. The average Bonchev–Trinajstić information content (AvgIpc) is 2.59. The minimum atomic E-state index is -0.526. The second-order valence-electron chi connectivity index (χ2n) is 2.90. The molecule has 0 atom stereocenters. The van der Waals surface area contributed by atoms with Crippen molar-refractivity contribution in [2.75, 3.05) is 0 Å². The van der Waals surface area contributed by atoms with E-state index in [1.54, 1.807) is 23.0 Å². The summed E-state index contributed by atoms with van der Waals surface area (Å²) in [4.78, 5) is 11.2. The van der Waals surface area contributed by atoms with Gasteiger partial charge in [0.15, 0.2) is 0 Å². The van der Waals surface area contributed by atoms with Gasteiger partial charge in [0.05, 0.1) is 26.4 Å². The fraction of sp³-hybridized carbons (Fsp3) is 0. The predicted molar refractivity (Wildman–Crippen MR) is 64.4 cm³/mol. The fourth-order valence-electron chi connectivity index (χ4n) is 1.40. The van der Waals surface area contributed by atoms with Gasteiger partial charge in [0.25, 0.3) is 0 Å². The van der Waals surface area contributed by atoms with Crippen molar-refractivity contribution in [3.05, 3.63) is 33.2 Å². The van der Waals surface area contributed by atoms with Gasteiger partial charge >= 0.3 is 0 Å². The van der Waals surface area contributed by atoms with E-state index in [1.165, 1.54) is 0 Å². The predicted octanol–water partition coefficient (Wildman–Crippen LogP) is 1.02. The Balaban J connectivity index is 2.93. The minimum Gasteiger partial charge on any atom is -0.366 e. The van der Waals surface area contributed by atoms with Crippen LogP contribution in [0.2, 0.25) is 0 Å². The first-order valence-electron chi connectivity index (χ1n) is 4.07. The Hall–Kier alpha value is -1.55. The molecule has 2 heterocycles. The number of pyridine rings is 1. The first kappa shape index (κ1) is 9.98. The largest absolute Gasteiger partial charge is 0.366 e. The van der Waals surface area contributed by atoms with Crippen LogP contribution in [0.1, 0.15) is 15.9 Å².